The first-order chi connectivity index (χ1) is 12.1. The molecule has 0 aliphatic carbocycles. The van der Waals surface area contributed by atoms with Gasteiger partial charge in [-0.3, -0.25) is 14.7 Å². The van der Waals surface area contributed by atoms with Gasteiger partial charge in [0.25, 0.3) is 0 Å². The maximum absolute atomic E-state index is 12.9. The lowest BCUT2D eigenvalue weighted by molar-refractivity contribution is -0.121. The molecule has 1 fully saturated rings. The highest BCUT2D eigenvalue weighted by atomic mass is 16.5. The number of methoxy groups -OCH3 is 2. The van der Waals surface area contributed by atoms with E-state index in [1.807, 2.05) is 31.3 Å². The predicted molar refractivity (Wildman–Crippen MR) is 96.0 cm³/mol. The van der Waals surface area contributed by atoms with Gasteiger partial charge >= 0.3 is 0 Å². The van der Waals surface area contributed by atoms with Gasteiger partial charge in [0.05, 0.1) is 25.9 Å². The average molecular weight is 341 g/mol. The van der Waals surface area contributed by atoms with Crippen molar-refractivity contribution in [1.29, 1.82) is 0 Å². The van der Waals surface area contributed by atoms with Gasteiger partial charge in [-0.15, -0.1) is 0 Å². The molecule has 0 spiro atoms. The van der Waals surface area contributed by atoms with Gasteiger partial charge in [-0.05, 0) is 31.2 Å². The Bertz CT molecular complexity index is 714. The van der Waals surface area contributed by atoms with Crippen LogP contribution in [0.1, 0.15) is 12.0 Å². The molecule has 2 heterocycles. The lowest BCUT2D eigenvalue weighted by Crippen LogP contribution is -2.39. The van der Waals surface area contributed by atoms with Crippen LogP contribution in [0.5, 0.6) is 11.5 Å². The van der Waals surface area contributed by atoms with Crippen LogP contribution in [0.3, 0.4) is 0 Å². The number of nitrogens with zero attached hydrogens (tertiary/aromatic N) is 3. The van der Waals surface area contributed by atoms with E-state index in [9.17, 15) is 4.79 Å². The number of aromatic nitrogens is 1. The Kier molecular flexibility index (Phi) is 5.19. The van der Waals surface area contributed by atoms with Crippen molar-refractivity contribution in [3.8, 4) is 11.5 Å². The van der Waals surface area contributed by atoms with Gasteiger partial charge in [-0.25, -0.2) is 0 Å². The number of amides is 1. The Morgan fingerprint density at radius 1 is 1.16 bits per heavy atom. The Balaban J connectivity index is 1.75. The maximum Gasteiger partial charge on any atom is 0.244 e. The molecule has 0 N–H and O–H groups in total. The fourth-order valence-corrected chi connectivity index (χ4v) is 3.16. The third-order valence-corrected chi connectivity index (χ3v) is 4.54. The molecule has 1 aliphatic rings. The number of ether oxygens (including phenoxy) is 2. The van der Waals surface area contributed by atoms with E-state index in [1.165, 1.54) is 0 Å². The van der Waals surface area contributed by atoms with Gasteiger partial charge in [-0.2, -0.15) is 0 Å². The second-order valence-corrected chi connectivity index (χ2v) is 6.14. The number of benzene rings is 1. The van der Waals surface area contributed by atoms with Crippen LogP contribution in [0.4, 0.5) is 5.69 Å². The summed E-state index contributed by atoms with van der Waals surface area (Å²) in [6, 6.07) is 9.35. The maximum atomic E-state index is 12.9. The molecule has 6 nitrogen and oxygen atoms in total. The van der Waals surface area contributed by atoms with Crippen molar-refractivity contribution < 1.29 is 14.3 Å². The van der Waals surface area contributed by atoms with E-state index in [0.717, 1.165) is 17.7 Å². The second-order valence-electron chi connectivity index (χ2n) is 6.14. The molecule has 132 valence electrons. The first kappa shape index (κ1) is 17.2. The van der Waals surface area contributed by atoms with E-state index in [2.05, 4.69) is 9.88 Å². The molecule has 0 bridgehead atoms. The molecule has 0 saturated carbocycles. The van der Waals surface area contributed by atoms with Crippen LogP contribution in [0.25, 0.3) is 0 Å². The summed E-state index contributed by atoms with van der Waals surface area (Å²) in [5.74, 6) is 1.46. The van der Waals surface area contributed by atoms with Gasteiger partial charge in [0, 0.05) is 43.7 Å². The van der Waals surface area contributed by atoms with E-state index in [4.69, 9.17) is 9.47 Å². The number of rotatable bonds is 6. The van der Waals surface area contributed by atoms with Crippen molar-refractivity contribution in [3.05, 3.63) is 48.3 Å². The van der Waals surface area contributed by atoms with Crippen LogP contribution in [-0.4, -0.2) is 49.6 Å². The number of carbonyl (C=O) groups is 1. The van der Waals surface area contributed by atoms with Gasteiger partial charge in [-0.1, -0.05) is 0 Å². The SMILES string of the molecule is COc1cc(OC)cc(N2CCC(N(C)Cc3ccncc3)C2=O)c1. The van der Waals surface area contributed by atoms with Crippen LogP contribution < -0.4 is 14.4 Å². The molecular formula is C19H23N3O3. The number of hydrogen-bond donors (Lipinski definition) is 0. The fraction of sp³-hybridized carbons (Fsp3) is 0.368. The third kappa shape index (κ3) is 3.74. The number of anilines is 1. The Labute approximate surface area is 148 Å². The van der Waals surface area contributed by atoms with Gasteiger partial charge in [0.1, 0.15) is 11.5 Å². The Morgan fingerprint density at radius 2 is 1.80 bits per heavy atom. The monoisotopic (exact) mass is 341 g/mol. The molecule has 1 aliphatic heterocycles. The Hall–Kier alpha value is -2.60. The fourth-order valence-electron chi connectivity index (χ4n) is 3.16. The molecule has 1 unspecified atom stereocenters. The summed E-state index contributed by atoms with van der Waals surface area (Å²) in [4.78, 5) is 20.9. The summed E-state index contributed by atoms with van der Waals surface area (Å²) < 4.78 is 10.6. The zero-order valence-corrected chi connectivity index (χ0v) is 14.8. The minimum atomic E-state index is -0.134. The minimum absolute atomic E-state index is 0.104. The zero-order chi connectivity index (χ0) is 17.8. The van der Waals surface area contributed by atoms with Crippen LogP contribution in [-0.2, 0) is 11.3 Å². The van der Waals surface area contributed by atoms with Crippen molar-refractivity contribution in [2.75, 3.05) is 32.7 Å². The van der Waals surface area contributed by atoms with Gasteiger partial charge < -0.3 is 14.4 Å². The normalized spacial score (nSPS) is 17.2. The number of pyridine rings is 1. The molecular weight excluding hydrogens is 318 g/mol. The van der Waals surface area contributed by atoms with Gasteiger partial charge in [0.15, 0.2) is 0 Å². The summed E-state index contributed by atoms with van der Waals surface area (Å²) in [6.45, 7) is 1.40. The number of likely N-dealkylation sites (N-methyl/N-ethyl adjacent to an activating group) is 1. The molecule has 3 rings (SSSR count). The van der Waals surface area contributed by atoms with E-state index in [1.54, 1.807) is 37.6 Å². The van der Waals surface area contributed by atoms with E-state index < -0.39 is 0 Å². The Morgan fingerprint density at radius 3 is 2.40 bits per heavy atom. The van der Waals surface area contributed by atoms with E-state index in [0.29, 0.717) is 24.6 Å². The van der Waals surface area contributed by atoms with Crippen LogP contribution in [0, 0.1) is 0 Å². The predicted octanol–water partition coefficient (Wildman–Crippen LogP) is 2.34. The summed E-state index contributed by atoms with van der Waals surface area (Å²) in [5, 5.41) is 0. The largest absolute Gasteiger partial charge is 0.497 e. The standard InChI is InChI=1S/C19H23N3O3/c1-21(13-14-4-7-20-8-5-14)18-6-9-22(19(18)23)15-10-16(24-2)12-17(11-15)25-3/h4-5,7-8,10-12,18H,6,9,13H2,1-3H3. The minimum Gasteiger partial charge on any atom is -0.497 e. The molecule has 1 saturated heterocycles. The third-order valence-electron chi connectivity index (χ3n) is 4.54. The highest BCUT2D eigenvalue weighted by Gasteiger charge is 2.35. The summed E-state index contributed by atoms with van der Waals surface area (Å²) in [5.41, 5.74) is 1.95. The van der Waals surface area contributed by atoms with Crippen molar-refractivity contribution in [2.24, 2.45) is 0 Å². The highest BCUT2D eigenvalue weighted by Crippen LogP contribution is 2.32. The quantitative estimate of drug-likeness (QED) is 0.807. The average Bonchev–Trinajstić information content (AvgIpc) is 3.03. The molecule has 1 aromatic carbocycles. The van der Waals surface area contributed by atoms with Crippen molar-refractivity contribution in [2.45, 2.75) is 19.0 Å². The van der Waals surface area contributed by atoms with Crippen molar-refractivity contribution in [1.82, 2.24) is 9.88 Å². The second kappa shape index (κ2) is 7.53. The first-order valence-corrected chi connectivity index (χ1v) is 8.26. The topological polar surface area (TPSA) is 54.9 Å². The van der Waals surface area contributed by atoms with E-state index in [-0.39, 0.29) is 11.9 Å². The number of carbonyl (C=O) groups excluding carboxylic acids is 1. The van der Waals surface area contributed by atoms with Crippen LogP contribution >= 0.6 is 0 Å². The first-order valence-electron chi connectivity index (χ1n) is 8.26. The van der Waals surface area contributed by atoms with Crippen LogP contribution in [0.15, 0.2) is 42.7 Å². The molecule has 1 atom stereocenters. The smallest absolute Gasteiger partial charge is 0.244 e. The molecule has 1 aromatic heterocycles. The van der Waals surface area contributed by atoms with E-state index >= 15 is 0 Å². The molecule has 1 amide bonds. The molecule has 25 heavy (non-hydrogen) atoms. The number of hydrogen-bond acceptors (Lipinski definition) is 5. The lowest BCUT2D eigenvalue weighted by atomic mass is 10.2. The lowest BCUT2D eigenvalue weighted by Gasteiger charge is -2.24. The summed E-state index contributed by atoms with van der Waals surface area (Å²) in [7, 11) is 5.20. The highest BCUT2D eigenvalue weighted by molar-refractivity contribution is 5.99. The molecule has 6 heteroatoms. The molecule has 2 aromatic rings. The van der Waals surface area contributed by atoms with Crippen molar-refractivity contribution in [3.63, 3.8) is 0 Å². The summed E-state index contributed by atoms with van der Waals surface area (Å²) >= 11 is 0. The summed E-state index contributed by atoms with van der Waals surface area (Å²) in [6.07, 6.45) is 4.34. The van der Waals surface area contributed by atoms with Crippen LogP contribution in [0.2, 0.25) is 0 Å². The zero-order valence-electron chi connectivity index (χ0n) is 14.8. The molecule has 0 radical (unpaired) electrons. The van der Waals surface area contributed by atoms with Crippen molar-refractivity contribution >= 4 is 11.6 Å². The van der Waals surface area contributed by atoms with Gasteiger partial charge in [0.2, 0.25) is 5.91 Å².